The third kappa shape index (κ3) is 6.69. The van der Waals surface area contributed by atoms with E-state index in [1.807, 2.05) is 0 Å². The zero-order valence-electron chi connectivity index (χ0n) is 16.2. The van der Waals surface area contributed by atoms with Crippen molar-refractivity contribution in [2.45, 2.75) is 19.7 Å². The van der Waals surface area contributed by atoms with Crippen LogP contribution in [0.2, 0.25) is 0 Å². The Bertz CT molecular complexity index is 990. The van der Waals surface area contributed by atoms with Crippen LogP contribution in [0, 0.1) is 0 Å². The van der Waals surface area contributed by atoms with Crippen molar-refractivity contribution in [2.75, 3.05) is 17.7 Å². The third-order valence-corrected chi connectivity index (χ3v) is 3.75. The summed E-state index contributed by atoms with van der Waals surface area (Å²) in [6.07, 6.45) is -2.87. The second kappa shape index (κ2) is 9.92. The van der Waals surface area contributed by atoms with Crippen LogP contribution < -0.4 is 20.1 Å². The predicted octanol–water partition coefficient (Wildman–Crippen LogP) is 4.93. The van der Waals surface area contributed by atoms with Gasteiger partial charge < -0.3 is 20.1 Å². The number of benzene rings is 2. The number of carbonyl (C=O) groups excluding carboxylic acids is 2. The maximum atomic E-state index is 13.3. The van der Waals surface area contributed by atoms with E-state index in [1.165, 1.54) is 31.4 Å². The molecule has 166 valence electrons. The van der Waals surface area contributed by atoms with Crippen molar-refractivity contribution in [1.82, 2.24) is 0 Å². The van der Waals surface area contributed by atoms with E-state index >= 15 is 0 Å². The number of amides is 2. The molecule has 0 aromatic heterocycles. The van der Waals surface area contributed by atoms with Gasteiger partial charge in [0.25, 0.3) is 0 Å². The first kappa shape index (κ1) is 23.6. The molecule has 0 aliphatic heterocycles. The van der Waals surface area contributed by atoms with E-state index in [1.54, 1.807) is 0 Å². The zero-order valence-corrected chi connectivity index (χ0v) is 16.2. The summed E-state index contributed by atoms with van der Waals surface area (Å²) in [5.41, 5.74) is -1.78. The van der Waals surface area contributed by atoms with Crippen molar-refractivity contribution < 1.29 is 41.0 Å². The molecule has 0 spiro atoms. The lowest BCUT2D eigenvalue weighted by atomic mass is 10.1. The molecule has 0 unspecified atom stereocenters. The van der Waals surface area contributed by atoms with Gasteiger partial charge in [-0.3, -0.25) is 9.59 Å². The number of hydrogen-bond acceptors (Lipinski definition) is 4. The van der Waals surface area contributed by atoms with Gasteiger partial charge in [0.15, 0.2) is 11.5 Å². The maximum absolute atomic E-state index is 13.3. The van der Waals surface area contributed by atoms with E-state index in [4.69, 9.17) is 4.74 Å². The summed E-state index contributed by atoms with van der Waals surface area (Å²) in [6.45, 7) is -2.02. The van der Waals surface area contributed by atoms with E-state index in [0.717, 1.165) is 25.1 Å². The number of nitrogens with one attached hydrogen (secondary N) is 2. The second-order valence-corrected chi connectivity index (χ2v) is 6.02. The van der Waals surface area contributed by atoms with Crippen LogP contribution in [-0.4, -0.2) is 25.5 Å². The fraction of sp³-hybridized carbons (Fsp3) is 0.200. The summed E-state index contributed by atoms with van der Waals surface area (Å²) in [5, 5.41) is 4.30. The summed E-state index contributed by atoms with van der Waals surface area (Å²) in [6, 6.07) is 7.02. The number of para-hydroxylation sites is 1. The molecule has 2 aromatic carbocycles. The quantitative estimate of drug-likeness (QED) is 0.469. The van der Waals surface area contributed by atoms with Crippen molar-refractivity contribution >= 4 is 29.3 Å². The van der Waals surface area contributed by atoms with Crippen molar-refractivity contribution in [3.63, 3.8) is 0 Å². The first-order chi connectivity index (χ1) is 14.5. The van der Waals surface area contributed by atoms with Crippen molar-refractivity contribution in [2.24, 2.45) is 0 Å². The number of alkyl halides is 5. The molecule has 2 aromatic rings. The molecule has 11 heteroatoms. The number of halogens is 5. The van der Waals surface area contributed by atoms with Gasteiger partial charge in [-0.1, -0.05) is 12.1 Å². The summed E-state index contributed by atoms with van der Waals surface area (Å²) in [4.78, 5) is 23.2. The Hall–Kier alpha value is -3.63. The van der Waals surface area contributed by atoms with Crippen LogP contribution in [0.4, 0.5) is 33.3 Å². The molecule has 0 saturated heterocycles. The Kier molecular flexibility index (Phi) is 7.56. The van der Waals surface area contributed by atoms with Gasteiger partial charge in [0.1, 0.15) is 0 Å². The molecule has 0 aliphatic rings. The van der Waals surface area contributed by atoms with Crippen LogP contribution in [0.3, 0.4) is 0 Å². The molecule has 2 N–H and O–H groups in total. The summed E-state index contributed by atoms with van der Waals surface area (Å²) >= 11 is 0. The van der Waals surface area contributed by atoms with Gasteiger partial charge in [0.05, 0.1) is 18.4 Å². The maximum Gasteiger partial charge on any atom is 0.418 e. The van der Waals surface area contributed by atoms with Crippen LogP contribution in [-0.2, 0) is 15.8 Å². The molecule has 2 rings (SSSR count). The van der Waals surface area contributed by atoms with E-state index in [0.29, 0.717) is 6.07 Å². The van der Waals surface area contributed by atoms with Gasteiger partial charge in [-0.2, -0.15) is 22.0 Å². The molecule has 0 saturated carbocycles. The topological polar surface area (TPSA) is 76.7 Å². The van der Waals surface area contributed by atoms with Gasteiger partial charge in [0, 0.05) is 24.3 Å². The van der Waals surface area contributed by atoms with Gasteiger partial charge in [-0.15, -0.1) is 0 Å². The smallest absolute Gasteiger partial charge is 0.418 e. The molecule has 0 fully saturated rings. The van der Waals surface area contributed by atoms with Crippen molar-refractivity contribution in [3.05, 3.63) is 53.6 Å². The van der Waals surface area contributed by atoms with Gasteiger partial charge in [-0.05, 0) is 30.3 Å². The molecular formula is C20H17F5N2O4. The first-order valence-corrected chi connectivity index (χ1v) is 8.61. The van der Waals surface area contributed by atoms with Crippen LogP contribution in [0.1, 0.15) is 18.1 Å². The second-order valence-electron chi connectivity index (χ2n) is 6.02. The molecule has 0 atom stereocenters. The number of anilines is 2. The Morgan fingerprint density at radius 1 is 1.10 bits per heavy atom. The normalized spacial score (nSPS) is 11.5. The van der Waals surface area contributed by atoms with Crippen molar-refractivity contribution in [3.8, 4) is 11.5 Å². The average Bonchev–Trinajstić information content (AvgIpc) is 2.66. The highest BCUT2D eigenvalue weighted by atomic mass is 19.4. The lowest BCUT2D eigenvalue weighted by Crippen LogP contribution is -2.16. The fourth-order valence-corrected chi connectivity index (χ4v) is 2.55. The number of methoxy groups -OCH3 is 1. The Balaban J connectivity index is 2.29. The molecule has 6 nitrogen and oxygen atoms in total. The standard InChI is InChI=1S/C20H17F5N2O4/c1-11(28)26-13-7-8-15(14(10-13)20(23,24)25)27-17(29)9-6-12-4-3-5-16(30-2)18(12)31-19(21)22/h3-10,19H,1-2H3,(H,26,28)(H,27,29)/b9-6+. The Morgan fingerprint density at radius 2 is 1.81 bits per heavy atom. The largest absolute Gasteiger partial charge is 0.493 e. The van der Waals surface area contributed by atoms with Crippen LogP contribution in [0.5, 0.6) is 11.5 Å². The average molecular weight is 444 g/mol. The fourth-order valence-electron chi connectivity index (χ4n) is 2.55. The van der Waals surface area contributed by atoms with E-state index in [-0.39, 0.29) is 22.7 Å². The third-order valence-electron chi connectivity index (χ3n) is 3.75. The monoisotopic (exact) mass is 444 g/mol. The minimum atomic E-state index is -4.81. The predicted molar refractivity (Wildman–Crippen MR) is 103 cm³/mol. The minimum Gasteiger partial charge on any atom is -0.493 e. The number of rotatable bonds is 7. The molecule has 2 amide bonds. The Labute approximate surface area is 173 Å². The first-order valence-electron chi connectivity index (χ1n) is 8.61. The van der Waals surface area contributed by atoms with E-state index in [2.05, 4.69) is 15.4 Å². The van der Waals surface area contributed by atoms with Crippen LogP contribution in [0.25, 0.3) is 6.08 Å². The molecule has 0 aliphatic carbocycles. The van der Waals surface area contributed by atoms with Crippen molar-refractivity contribution in [1.29, 1.82) is 0 Å². The summed E-state index contributed by atoms with van der Waals surface area (Å²) in [7, 11) is 1.23. The highest BCUT2D eigenvalue weighted by Gasteiger charge is 2.34. The lowest BCUT2D eigenvalue weighted by Gasteiger charge is -2.15. The van der Waals surface area contributed by atoms with Crippen LogP contribution in [0.15, 0.2) is 42.5 Å². The number of carbonyl (C=O) groups is 2. The highest BCUT2D eigenvalue weighted by Crippen LogP contribution is 2.37. The molecule has 0 bridgehead atoms. The lowest BCUT2D eigenvalue weighted by molar-refractivity contribution is -0.137. The molecule has 31 heavy (non-hydrogen) atoms. The van der Waals surface area contributed by atoms with Gasteiger partial charge in [-0.25, -0.2) is 0 Å². The van der Waals surface area contributed by atoms with Gasteiger partial charge >= 0.3 is 12.8 Å². The van der Waals surface area contributed by atoms with Crippen LogP contribution >= 0.6 is 0 Å². The zero-order chi connectivity index (χ0) is 23.2. The summed E-state index contributed by atoms with van der Waals surface area (Å²) < 4.78 is 74.7. The molecular weight excluding hydrogens is 427 g/mol. The van der Waals surface area contributed by atoms with E-state index in [9.17, 15) is 31.5 Å². The highest BCUT2D eigenvalue weighted by molar-refractivity contribution is 6.03. The molecule has 0 heterocycles. The summed E-state index contributed by atoms with van der Waals surface area (Å²) in [5.74, 6) is -1.87. The van der Waals surface area contributed by atoms with Gasteiger partial charge in [0.2, 0.25) is 11.8 Å². The van der Waals surface area contributed by atoms with E-state index < -0.39 is 35.9 Å². The minimum absolute atomic E-state index is 0.0178. The Morgan fingerprint density at radius 3 is 2.39 bits per heavy atom. The number of ether oxygens (including phenoxy) is 2. The molecule has 0 radical (unpaired) electrons. The SMILES string of the molecule is COc1cccc(/C=C/C(=O)Nc2ccc(NC(C)=O)cc2C(F)(F)F)c1OC(F)F. The number of hydrogen-bond donors (Lipinski definition) is 2.